The standard InChI is InChI=1S/C19H15ClN2O3/c1-12(18(23)21-15-9-7-14(20)8-10-15)25-19(24)17-11-6-13-4-2-3-5-16(13)22-17/h2-12H,1H3,(H,21,23)/t12-/m0/s1. The molecule has 126 valence electrons. The molecule has 0 aliphatic heterocycles. The molecule has 3 aromatic rings. The molecule has 0 aliphatic carbocycles. The molecule has 25 heavy (non-hydrogen) atoms. The Hall–Kier alpha value is -2.92. The zero-order chi connectivity index (χ0) is 17.8. The van der Waals surface area contributed by atoms with E-state index in [1.54, 1.807) is 36.4 Å². The molecule has 1 heterocycles. The molecule has 2 aromatic carbocycles. The van der Waals surface area contributed by atoms with E-state index in [4.69, 9.17) is 16.3 Å². The molecule has 1 N–H and O–H groups in total. The van der Waals surface area contributed by atoms with Crippen LogP contribution >= 0.6 is 11.6 Å². The van der Waals surface area contributed by atoms with Gasteiger partial charge in [0.25, 0.3) is 5.91 Å². The van der Waals surface area contributed by atoms with Crippen LogP contribution in [0.15, 0.2) is 60.7 Å². The molecule has 0 saturated heterocycles. The van der Waals surface area contributed by atoms with Gasteiger partial charge in [0.05, 0.1) is 5.52 Å². The Morgan fingerprint density at radius 1 is 1.04 bits per heavy atom. The summed E-state index contributed by atoms with van der Waals surface area (Å²) in [5.41, 5.74) is 1.42. The first kappa shape index (κ1) is 16.9. The highest BCUT2D eigenvalue weighted by Gasteiger charge is 2.20. The number of amides is 1. The van der Waals surface area contributed by atoms with Gasteiger partial charge in [0.1, 0.15) is 5.69 Å². The van der Waals surface area contributed by atoms with Crippen molar-refractivity contribution in [3.05, 3.63) is 71.4 Å². The Balaban J connectivity index is 1.66. The second-order valence-electron chi connectivity index (χ2n) is 5.43. The summed E-state index contributed by atoms with van der Waals surface area (Å²) in [6.07, 6.45) is -0.962. The summed E-state index contributed by atoms with van der Waals surface area (Å²) in [5.74, 6) is -1.08. The van der Waals surface area contributed by atoms with Gasteiger partial charge in [-0.05, 0) is 43.3 Å². The summed E-state index contributed by atoms with van der Waals surface area (Å²) >= 11 is 5.80. The molecule has 0 bridgehead atoms. The molecule has 5 nitrogen and oxygen atoms in total. The topological polar surface area (TPSA) is 68.3 Å². The second-order valence-corrected chi connectivity index (χ2v) is 5.87. The smallest absolute Gasteiger partial charge is 0.357 e. The molecular weight excluding hydrogens is 340 g/mol. The minimum absolute atomic E-state index is 0.157. The molecule has 1 amide bonds. The van der Waals surface area contributed by atoms with Gasteiger partial charge in [-0.2, -0.15) is 0 Å². The fourth-order valence-corrected chi connectivity index (χ4v) is 2.36. The number of nitrogens with one attached hydrogen (secondary N) is 1. The summed E-state index contributed by atoms with van der Waals surface area (Å²) in [6, 6.07) is 17.5. The molecule has 0 aliphatic rings. The lowest BCUT2D eigenvalue weighted by Crippen LogP contribution is -2.30. The van der Waals surface area contributed by atoms with Crippen LogP contribution in [-0.4, -0.2) is 23.0 Å². The number of ether oxygens (including phenoxy) is 1. The van der Waals surface area contributed by atoms with Crippen molar-refractivity contribution in [3.8, 4) is 0 Å². The van der Waals surface area contributed by atoms with E-state index >= 15 is 0 Å². The number of rotatable bonds is 4. The average Bonchev–Trinajstić information content (AvgIpc) is 2.63. The third-order valence-corrected chi connectivity index (χ3v) is 3.82. The van der Waals surface area contributed by atoms with Crippen molar-refractivity contribution < 1.29 is 14.3 Å². The summed E-state index contributed by atoms with van der Waals surface area (Å²) in [6.45, 7) is 1.50. The average molecular weight is 355 g/mol. The van der Waals surface area contributed by atoms with E-state index in [2.05, 4.69) is 10.3 Å². The normalized spacial score (nSPS) is 11.8. The third-order valence-electron chi connectivity index (χ3n) is 3.57. The molecule has 6 heteroatoms. The van der Waals surface area contributed by atoms with Gasteiger partial charge in [-0.3, -0.25) is 4.79 Å². The summed E-state index contributed by atoms with van der Waals surface area (Å²) < 4.78 is 5.20. The van der Waals surface area contributed by atoms with Crippen LogP contribution in [-0.2, 0) is 9.53 Å². The van der Waals surface area contributed by atoms with Gasteiger partial charge in [0.15, 0.2) is 6.10 Å². The van der Waals surface area contributed by atoms with Gasteiger partial charge in [0.2, 0.25) is 0 Å². The number of hydrogen-bond acceptors (Lipinski definition) is 4. The lowest BCUT2D eigenvalue weighted by Gasteiger charge is -2.13. The van der Waals surface area contributed by atoms with Crippen LogP contribution in [0.25, 0.3) is 10.9 Å². The van der Waals surface area contributed by atoms with Gasteiger partial charge in [-0.1, -0.05) is 35.9 Å². The quantitative estimate of drug-likeness (QED) is 0.717. The maximum absolute atomic E-state index is 12.2. The second kappa shape index (κ2) is 7.32. The van der Waals surface area contributed by atoms with E-state index in [-0.39, 0.29) is 5.69 Å². The van der Waals surface area contributed by atoms with Gasteiger partial charge in [-0.15, -0.1) is 0 Å². The lowest BCUT2D eigenvalue weighted by atomic mass is 10.2. The molecular formula is C19H15ClN2O3. The number of anilines is 1. The first-order chi connectivity index (χ1) is 12.0. The Bertz CT molecular complexity index is 925. The van der Waals surface area contributed by atoms with E-state index in [0.717, 1.165) is 5.39 Å². The highest BCUT2D eigenvalue weighted by atomic mass is 35.5. The fraction of sp³-hybridized carbons (Fsp3) is 0.105. The molecule has 1 aromatic heterocycles. The van der Waals surface area contributed by atoms with Crippen LogP contribution < -0.4 is 5.32 Å². The molecule has 0 unspecified atom stereocenters. The maximum Gasteiger partial charge on any atom is 0.357 e. The number of aromatic nitrogens is 1. The van der Waals surface area contributed by atoms with Crippen molar-refractivity contribution in [1.29, 1.82) is 0 Å². The number of nitrogens with zero attached hydrogens (tertiary/aromatic N) is 1. The van der Waals surface area contributed by atoms with Crippen LogP contribution in [0.4, 0.5) is 5.69 Å². The van der Waals surface area contributed by atoms with Crippen molar-refractivity contribution in [3.63, 3.8) is 0 Å². The minimum Gasteiger partial charge on any atom is -0.448 e. The highest BCUT2D eigenvalue weighted by Crippen LogP contribution is 2.15. The van der Waals surface area contributed by atoms with Crippen LogP contribution in [0.3, 0.4) is 0 Å². The molecule has 0 fully saturated rings. The SMILES string of the molecule is C[C@H](OC(=O)c1ccc2ccccc2n1)C(=O)Nc1ccc(Cl)cc1. The molecule has 0 saturated carbocycles. The number of pyridine rings is 1. The van der Waals surface area contributed by atoms with Gasteiger partial charge < -0.3 is 10.1 Å². The van der Waals surface area contributed by atoms with E-state index in [1.165, 1.54) is 6.92 Å². The Morgan fingerprint density at radius 2 is 1.76 bits per heavy atom. The molecule has 0 spiro atoms. The number of fused-ring (bicyclic) bond motifs is 1. The lowest BCUT2D eigenvalue weighted by molar-refractivity contribution is -0.123. The van der Waals surface area contributed by atoms with Crippen molar-refractivity contribution in [2.45, 2.75) is 13.0 Å². The van der Waals surface area contributed by atoms with E-state index in [9.17, 15) is 9.59 Å². The van der Waals surface area contributed by atoms with E-state index in [0.29, 0.717) is 16.2 Å². The predicted octanol–water partition coefficient (Wildman–Crippen LogP) is 4.07. The Morgan fingerprint density at radius 3 is 2.52 bits per heavy atom. The van der Waals surface area contributed by atoms with Crippen molar-refractivity contribution in [1.82, 2.24) is 4.98 Å². The van der Waals surface area contributed by atoms with Crippen molar-refractivity contribution in [2.24, 2.45) is 0 Å². The summed E-state index contributed by atoms with van der Waals surface area (Å²) in [4.78, 5) is 28.6. The molecule has 3 rings (SSSR count). The van der Waals surface area contributed by atoms with Gasteiger partial charge in [-0.25, -0.2) is 9.78 Å². The number of benzene rings is 2. The predicted molar refractivity (Wildman–Crippen MR) is 96.7 cm³/mol. The molecule has 1 atom stereocenters. The Kier molecular flexibility index (Phi) is 4.95. The first-order valence-corrected chi connectivity index (χ1v) is 8.04. The number of hydrogen-bond donors (Lipinski definition) is 1. The number of halogens is 1. The van der Waals surface area contributed by atoms with Crippen molar-refractivity contribution >= 4 is 40.1 Å². The van der Waals surface area contributed by atoms with Crippen molar-refractivity contribution in [2.75, 3.05) is 5.32 Å². The van der Waals surface area contributed by atoms with Crippen LogP contribution in [0.5, 0.6) is 0 Å². The highest BCUT2D eigenvalue weighted by molar-refractivity contribution is 6.30. The molecule has 0 radical (unpaired) electrons. The number of esters is 1. The number of para-hydroxylation sites is 1. The van der Waals surface area contributed by atoms with Gasteiger partial charge >= 0.3 is 5.97 Å². The van der Waals surface area contributed by atoms with Crippen LogP contribution in [0.1, 0.15) is 17.4 Å². The zero-order valence-electron chi connectivity index (χ0n) is 13.4. The van der Waals surface area contributed by atoms with Crippen LogP contribution in [0.2, 0.25) is 5.02 Å². The fourth-order valence-electron chi connectivity index (χ4n) is 2.23. The summed E-state index contributed by atoms with van der Waals surface area (Å²) in [5, 5.41) is 4.15. The monoisotopic (exact) mass is 354 g/mol. The first-order valence-electron chi connectivity index (χ1n) is 7.66. The number of carbonyl (C=O) groups excluding carboxylic acids is 2. The largest absolute Gasteiger partial charge is 0.448 e. The van der Waals surface area contributed by atoms with E-state index in [1.807, 2.05) is 24.3 Å². The Labute approximate surface area is 149 Å². The minimum atomic E-state index is -0.962. The summed E-state index contributed by atoms with van der Waals surface area (Å²) in [7, 11) is 0. The van der Waals surface area contributed by atoms with E-state index < -0.39 is 18.0 Å². The van der Waals surface area contributed by atoms with Crippen LogP contribution in [0, 0.1) is 0 Å². The number of carbonyl (C=O) groups is 2. The third kappa shape index (κ3) is 4.14. The maximum atomic E-state index is 12.2. The zero-order valence-corrected chi connectivity index (χ0v) is 14.2. The van der Waals surface area contributed by atoms with Gasteiger partial charge in [0, 0.05) is 16.1 Å².